The molecule has 2 amide bonds. The molecular formula is C14H14N4OS2. The van der Waals surface area contributed by atoms with Gasteiger partial charge in [0.2, 0.25) is 0 Å². The Bertz CT molecular complexity index is 688. The fourth-order valence-electron chi connectivity index (χ4n) is 1.83. The van der Waals surface area contributed by atoms with E-state index in [-0.39, 0.29) is 6.03 Å². The van der Waals surface area contributed by atoms with Crippen LogP contribution in [0.4, 0.5) is 9.80 Å². The summed E-state index contributed by atoms with van der Waals surface area (Å²) in [4.78, 5) is 12.8. The van der Waals surface area contributed by atoms with E-state index in [1.165, 1.54) is 11.3 Å². The summed E-state index contributed by atoms with van der Waals surface area (Å²) >= 11 is 3.16. The van der Waals surface area contributed by atoms with Crippen LogP contribution in [0.1, 0.15) is 0 Å². The van der Waals surface area contributed by atoms with Crippen molar-refractivity contribution in [2.45, 2.75) is 6.54 Å². The van der Waals surface area contributed by atoms with Crippen molar-refractivity contribution in [2.24, 2.45) is 0 Å². The molecular weight excluding hydrogens is 304 g/mol. The van der Waals surface area contributed by atoms with E-state index < -0.39 is 0 Å². The molecule has 2 N–H and O–H groups in total. The van der Waals surface area contributed by atoms with Crippen molar-refractivity contribution in [2.75, 3.05) is 11.9 Å². The molecule has 21 heavy (non-hydrogen) atoms. The van der Waals surface area contributed by atoms with Gasteiger partial charge in [-0.3, -0.25) is 10.00 Å². The molecule has 3 rings (SSSR count). The van der Waals surface area contributed by atoms with Crippen LogP contribution in [0.5, 0.6) is 0 Å². The summed E-state index contributed by atoms with van der Waals surface area (Å²) in [5.74, 6) is 0. The lowest BCUT2D eigenvalue weighted by Crippen LogP contribution is -2.31. The molecule has 0 aliphatic carbocycles. The summed E-state index contributed by atoms with van der Waals surface area (Å²) in [6.45, 7) is 1.17. The Kier molecular flexibility index (Phi) is 4.32. The van der Waals surface area contributed by atoms with Crippen LogP contribution >= 0.6 is 22.7 Å². The van der Waals surface area contributed by atoms with Crippen LogP contribution < -0.4 is 10.6 Å². The normalized spacial score (nSPS) is 10.5. The minimum absolute atomic E-state index is 0.192. The molecule has 0 atom stereocenters. The van der Waals surface area contributed by atoms with Gasteiger partial charge < -0.3 is 5.32 Å². The SMILES string of the molecule is O=C(NCCn1ccc(-c2cccs2)n1)Nc1cccs1. The van der Waals surface area contributed by atoms with Crippen LogP contribution in [0.2, 0.25) is 0 Å². The topological polar surface area (TPSA) is 59.0 Å². The van der Waals surface area contributed by atoms with Crippen molar-refractivity contribution in [1.29, 1.82) is 0 Å². The number of carbonyl (C=O) groups is 1. The number of rotatable bonds is 5. The molecule has 0 aliphatic heterocycles. The maximum Gasteiger partial charge on any atom is 0.319 e. The zero-order valence-electron chi connectivity index (χ0n) is 11.2. The van der Waals surface area contributed by atoms with Gasteiger partial charge in [0, 0.05) is 12.7 Å². The van der Waals surface area contributed by atoms with Crippen molar-refractivity contribution < 1.29 is 4.79 Å². The Morgan fingerprint density at radius 1 is 1.19 bits per heavy atom. The molecule has 5 nitrogen and oxygen atoms in total. The minimum Gasteiger partial charge on any atom is -0.336 e. The number of anilines is 1. The number of amides is 2. The van der Waals surface area contributed by atoms with Gasteiger partial charge in [-0.15, -0.1) is 22.7 Å². The van der Waals surface area contributed by atoms with E-state index in [9.17, 15) is 4.79 Å². The summed E-state index contributed by atoms with van der Waals surface area (Å²) in [5, 5.41) is 14.9. The van der Waals surface area contributed by atoms with E-state index in [0.29, 0.717) is 13.1 Å². The first-order valence-electron chi connectivity index (χ1n) is 6.47. The third kappa shape index (κ3) is 3.71. The maximum absolute atomic E-state index is 11.6. The van der Waals surface area contributed by atoms with E-state index in [1.54, 1.807) is 11.3 Å². The third-order valence-corrected chi connectivity index (χ3v) is 4.48. The first-order chi connectivity index (χ1) is 10.3. The van der Waals surface area contributed by atoms with E-state index in [2.05, 4.69) is 15.7 Å². The first-order valence-corrected chi connectivity index (χ1v) is 8.23. The van der Waals surface area contributed by atoms with Crippen molar-refractivity contribution in [3.63, 3.8) is 0 Å². The van der Waals surface area contributed by atoms with Crippen molar-refractivity contribution in [3.8, 4) is 10.6 Å². The molecule has 0 spiro atoms. The highest BCUT2D eigenvalue weighted by molar-refractivity contribution is 7.14. The van der Waals surface area contributed by atoms with Crippen LogP contribution in [0.15, 0.2) is 47.3 Å². The Labute approximate surface area is 130 Å². The van der Waals surface area contributed by atoms with Gasteiger partial charge in [0.15, 0.2) is 0 Å². The summed E-state index contributed by atoms with van der Waals surface area (Å²) < 4.78 is 1.83. The van der Waals surface area contributed by atoms with E-state index in [1.807, 2.05) is 52.0 Å². The number of carbonyl (C=O) groups excluding carboxylic acids is 1. The number of aromatic nitrogens is 2. The monoisotopic (exact) mass is 318 g/mol. The van der Waals surface area contributed by atoms with Gasteiger partial charge in [-0.1, -0.05) is 6.07 Å². The average Bonchev–Trinajstić information content (AvgIpc) is 3.21. The molecule has 0 aromatic carbocycles. The highest BCUT2D eigenvalue weighted by atomic mass is 32.1. The standard InChI is InChI=1S/C14H14N4OS2/c19-14(16-13-4-2-10-21-13)15-6-8-18-7-5-11(17-18)12-3-1-9-20-12/h1-5,7,9-10H,6,8H2,(H2,15,16,19). The molecule has 0 bridgehead atoms. The lowest BCUT2D eigenvalue weighted by molar-refractivity contribution is 0.251. The molecule has 0 radical (unpaired) electrons. The fourth-order valence-corrected chi connectivity index (χ4v) is 3.13. The average molecular weight is 318 g/mol. The molecule has 0 unspecified atom stereocenters. The Hall–Kier alpha value is -2.12. The zero-order chi connectivity index (χ0) is 14.5. The predicted octanol–water partition coefficient (Wildman–Crippen LogP) is 3.49. The van der Waals surface area contributed by atoms with E-state index >= 15 is 0 Å². The lowest BCUT2D eigenvalue weighted by atomic mass is 10.3. The van der Waals surface area contributed by atoms with Gasteiger partial charge >= 0.3 is 6.03 Å². The van der Waals surface area contributed by atoms with E-state index in [0.717, 1.165) is 15.6 Å². The maximum atomic E-state index is 11.6. The highest BCUT2D eigenvalue weighted by Crippen LogP contribution is 2.22. The van der Waals surface area contributed by atoms with Crippen molar-refractivity contribution in [3.05, 3.63) is 47.3 Å². The zero-order valence-corrected chi connectivity index (χ0v) is 12.8. The Morgan fingerprint density at radius 3 is 2.81 bits per heavy atom. The fraction of sp³-hybridized carbons (Fsp3) is 0.143. The largest absolute Gasteiger partial charge is 0.336 e. The predicted molar refractivity (Wildman–Crippen MR) is 86.9 cm³/mol. The smallest absolute Gasteiger partial charge is 0.319 e. The summed E-state index contributed by atoms with van der Waals surface area (Å²) in [6, 6.07) is 9.61. The molecule has 3 heterocycles. The van der Waals surface area contributed by atoms with Gasteiger partial charge in [-0.05, 0) is 35.0 Å². The number of nitrogens with one attached hydrogen (secondary N) is 2. The summed E-state index contributed by atoms with van der Waals surface area (Å²) in [5.41, 5.74) is 0.966. The molecule has 3 aromatic heterocycles. The van der Waals surface area contributed by atoms with Crippen LogP contribution in [0.25, 0.3) is 10.6 Å². The molecule has 0 aliphatic rings. The molecule has 0 saturated heterocycles. The van der Waals surface area contributed by atoms with Gasteiger partial charge in [0.25, 0.3) is 0 Å². The van der Waals surface area contributed by atoms with Crippen LogP contribution in [-0.4, -0.2) is 22.4 Å². The number of urea groups is 1. The van der Waals surface area contributed by atoms with E-state index in [4.69, 9.17) is 0 Å². The molecule has 108 valence electrons. The van der Waals surface area contributed by atoms with Gasteiger partial charge in [0.05, 0.1) is 16.4 Å². The molecule has 3 aromatic rings. The third-order valence-electron chi connectivity index (χ3n) is 2.80. The number of hydrogen-bond donors (Lipinski definition) is 2. The van der Waals surface area contributed by atoms with Crippen LogP contribution in [-0.2, 0) is 6.54 Å². The second-order valence-electron chi connectivity index (χ2n) is 4.30. The van der Waals surface area contributed by atoms with Gasteiger partial charge in [-0.2, -0.15) is 5.10 Å². The second-order valence-corrected chi connectivity index (χ2v) is 6.19. The minimum atomic E-state index is -0.192. The van der Waals surface area contributed by atoms with Gasteiger partial charge in [-0.25, -0.2) is 4.79 Å². The lowest BCUT2D eigenvalue weighted by Gasteiger charge is -2.06. The molecule has 0 fully saturated rings. The van der Waals surface area contributed by atoms with Gasteiger partial charge in [0.1, 0.15) is 5.69 Å². The number of nitrogens with zero attached hydrogens (tertiary/aromatic N) is 2. The summed E-state index contributed by atoms with van der Waals surface area (Å²) in [6.07, 6.45) is 1.92. The number of hydrogen-bond acceptors (Lipinski definition) is 4. The number of thiophene rings is 2. The van der Waals surface area contributed by atoms with Crippen molar-refractivity contribution in [1.82, 2.24) is 15.1 Å². The Balaban J connectivity index is 1.46. The second kappa shape index (κ2) is 6.55. The summed E-state index contributed by atoms with van der Waals surface area (Å²) in [7, 11) is 0. The van der Waals surface area contributed by atoms with Crippen LogP contribution in [0, 0.1) is 0 Å². The molecule has 7 heteroatoms. The quantitative estimate of drug-likeness (QED) is 0.756. The highest BCUT2D eigenvalue weighted by Gasteiger charge is 2.04. The van der Waals surface area contributed by atoms with Crippen LogP contribution in [0.3, 0.4) is 0 Å². The Morgan fingerprint density at radius 2 is 2.05 bits per heavy atom. The first kappa shape index (κ1) is 13.8. The van der Waals surface area contributed by atoms with Crippen molar-refractivity contribution >= 4 is 33.7 Å². The molecule has 0 saturated carbocycles.